The second-order valence-corrected chi connectivity index (χ2v) is 0. The van der Waals surface area contributed by atoms with Crippen LogP contribution in [-0.2, 0) is 117 Å². The third-order valence-electron chi connectivity index (χ3n) is 0. The van der Waals surface area contributed by atoms with Crippen molar-refractivity contribution in [2.24, 2.45) is 0 Å². The van der Waals surface area contributed by atoms with Gasteiger partial charge in [0.2, 0.25) is 0 Å². The van der Waals surface area contributed by atoms with Crippen LogP contribution in [0.3, 0.4) is 0 Å². The van der Waals surface area contributed by atoms with E-state index in [1.54, 1.807) is 0 Å². The van der Waals surface area contributed by atoms with Gasteiger partial charge in [0, 0.05) is 152 Å². The Morgan fingerprint density at radius 3 is 1.00 bits per heavy atom. The summed E-state index contributed by atoms with van der Waals surface area (Å²) in [6, 6.07) is 0. The van der Waals surface area contributed by atoms with Crippen molar-refractivity contribution in [3.63, 3.8) is 0 Å². The number of hydrogen-bond donors (Lipinski definition) is 0. The van der Waals surface area contributed by atoms with Crippen LogP contribution in [0.15, 0.2) is 0 Å². The van der Waals surface area contributed by atoms with Gasteiger partial charge in [-0.2, -0.15) is 0 Å². The molecule has 0 fully saturated rings. The minimum atomic E-state index is 0. The standard InChI is InChI=1S/Ag.Au.Co.La.Mn.Ru.Sb.V.2H. The average Bonchev–Trinajstić information content (AvgIpc) is 0. The largest absolute Gasteiger partial charge is 0 e. The van der Waals surface area contributed by atoms with Crippen molar-refractivity contribution in [3.05, 3.63) is 0 Å². The van der Waals surface area contributed by atoms with E-state index in [0.717, 1.165) is 0 Å². The molecule has 0 aromatic heterocycles. The van der Waals surface area contributed by atoms with Gasteiger partial charge in [-0.25, -0.2) is 0 Å². The third kappa shape index (κ3) is 41.1. The van der Waals surface area contributed by atoms with Gasteiger partial charge in [0.15, 0.2) is 0 Å². The van der Waals surface area contributed by atoms with Crippen LogP contribution < -0.4 is 0 Å². The zero-order valence-electron chi connectivity index (χ0n) is 3.27. The Morgan fingerprint density at radius 2 is 1.00 bits per heavy atom. The van der Waals surface area contributed by atoms with Gasteiger partial charge in [0.25, 0.3) is 0 Å². The molecule has 0 amide bonds. The van der Waals surface area contributed by atoms with E-state index in [0.29, 0.717) is 0 Å². The van der Waals surface area contributed by atoms with Crippen LogP contribution in [0.5, 0.6) is 0 Å². The topological polar surface area (TPSA) is 0 Å². The molecule has 0 nitrogen and oxygen atoms in total. The fraction of sp³-hybridized carbons (Fsp3) is 0. The first-order valence-electron chi connectivity index (χ1n) is 0. The average molecular weight is 833 g/mol. The zero-order valence-corrected chi connectivity index (χ0v) is 19.2. The molecule has 8 heavy (non-hydrogen) atoms. The summed E-state index contributed by atoms with van der Waals surface area (Å²) < 4.78 is 0. The summed E-state index contributed by atoms with van der Waals surface area (Å²) in [5.74, 6) is 0. The Kier molecular flexibility index (Phi) is 452. The van der Waals surface area contributed by atoms with Crippen molar-refractivity contribution in [2.75, 3.05) is 0 Å². The predicted octanol–water partition coefficient (Wildman–Crippen LogP) is -0.931. The Morgan fingerprint density at radius 1 is 1.00 bits per heavy atom. The van der Waals surface area contributed by atoms with Gasteiger partial charge < -0.3 is 0 Å². The van der Waals surface area contributed by atoms with Crippen molar-refractivity contribution in [1.29, 1.82) is 0 Å². The minimum Gasteiger partial charge on any atom is 0 e. The number of hydrogen-bond acceptors (Lipinski definition) is 0. The Balaban J connectivity index is 0. The first-order chi connectivity index (χ1) is 0. The molecule has 0 atom stereocenters. The summed E-state index contributed by atoms with van der Waals surface area (Å²) in [7, 11) is 0. The minimum absolute atomic E-state index is 0. The molecule has 8 heteroatoms. The van der Waals surface area contributed by atoms with Crippen molar-refractivity contribution in [3.8, 4) is 0 Å². The van der Waals surface area contributed by atoms with Gasteiger partial charge >= 0.3 is 24.4 Å². The van der Waals surface area contributed by atoms with E-state index in [1.165, 1.54) is 0 Å². The monoisotopic (exact) mass is 832 g/mol. The predicted molar refractivity (Wildman–Crippen MR) is 8.54 cm³/mol. The smallest absolute Gasteiger partial charge is 0 e. The van der Waals surface area contributed by atoms with Crippen LogP contribution in [0.4, 0.5) is 0 Å². The SMILES string of the molecule is [Ag].[Au].[Co].[La].[Mn].[Ru].[SbH2].[V]. The van der Waals surface area contributed by atoms with Crippen LogP contribution in [0.1, 0.15) is 0 Å². The van der Waals surface area contributed by atoms with E-state index in [-0.39, 0.29) is 177 Å². The van der Waals surface area contributed by atoms with E-state index in [2.05, 4.69) is 0 Å². The molecule has 0 spiro atoms. The van der Waals surface area contributed by atoms with Crippen molar-refractivity contribution in [1.82, 2.24) is 0 Å². The maximum atomic E-state index is 0. The molecule has 0 aliphatic heterocycles. The molecule has 61 valence electrons. The summed E-state index contributed by atoms with van der Waals surface area (Å²) in [4.78, 5) is 0. The normalized spacial score (nSPS) is 0. The molecule has 0 aromatic carbocycles. The van der Waals surface area contributed by atoms with E-state index in [9.17, 15) is 0 Å². The van der Waals surface area contributed by atoms with E-state index in [4.69, 9.17) is 0 Å². The first kappa shape index (κ1) is 67.8. The van der Waals surface area contributed by atoms with Crippen LogP contribution in [0, 0.1) is 35.6 Å². The molecule has 0 rings (SSSR count). The van der Waals surface area contributed by atoms with Gasteiger partial charge in [-0.05, 0) is 0 Å². The molecule has 0 unspecified atom stereocenters. The van der Waals surface area contributed by atoms with Crippen LogP contribution in [0.2, 0.25) is 0 Å². The summed E-state index contributed by atoms with van der Waals surface area (Å²) in [5.41, 5.74) is 0. The Hall–Kier alpha value is 5.73. The first-order valence-corrected chi connectivity index (χ1v) is 0. The van der Waals surface area contributed by atoms with Gasteiger partial charge in [-0.1, -0.05) is 0 Å². The fourth-order valence-corrected chi connectivity index (χ4v) is 0. The second-order valence-electron chi connectivity index (χ2n) is 0. The Bertz CT molecular complexity index is 24.0. The molecule has 0 aliphatic rings. The van der Waals surface area contributed by atoms with E-state index < -0.39 is 0 Å². The van der Waals surface area contributed by atoms with Gasteiger partial charge in [0.05, 0.1) is 0 Å². The third-order valence-corrected chi connectivity index (χ3v) is 0. The molecular formula is H2AgAuCoLaMnRuSbV. The number of rotatable bonds is 0. The van der Waals surface area contributed by atoms with Gasteiger partial charge in [-0.3, -0.25) is 0 Å². The molecule has 0 N–H and O–H groups in total. The maximum Gasteiger partial charge on any atom is 0 e. The summed E-state index contributed by atoms with van der Waals surface area (Å²) in [6.45, 7) is 0. The fourth-order valence-electron chi connectivity index (χ4n) is 0. The van der Waals surface area contributed by atoms with Crippen LogP contribution in [0.25, 0.3) is 0 Å². The summed E-state index contributed by atoms with van der Waals surface area (Å²) in [6.07, 6.45) is 0. The van der Waals surface area contributed by atoms with Crippen molar-refractivity contribution in [2.45, 2.75) is 0 Å². The zero-order chi connectivity index (χ0) is 0. The van der Waals surface area contributed by atoms with E-state index >= 15 is 0 Å². The van der Waals surface area contributed by atoms with Crippen LogP contribution >= 0.6 is 0 Å². The molecule has 0 aromatic rings. The van der Waals surface area contributed by atoms with E-state index in [1.807, 2.05) is 0 Å². The summed E-state index contributed by atoms with van der Waals surface area (Å²) >= 11 is 0. The van der Waals surface area contributed by atoms with Crippen LogP contribution in [-0.4, -0.2) is 24.4 Å². The molecule has 0 bridgehead atoms. The molecule has 0 saturated carbocycles. The van der Waals surface area contributed by atoms with Gasteiger partial charge in [0.1, 0.15) is 0 Å². The molecule has 0 aliphatic carbocycles. The molecule has 0 heterocycles. The molecule has 0 saturated heterocycles. The quantitative estimate of drug-likeness (QED) is 0.278. The van der Waals surface area contributed by atoms with Crippen molar-refractivity contribution >= 4 is 24.4 Å². The molecular weight excluding hydrogens is 831 g/mol. The maximum absolute atomic E-state index is 0. The Labute approximate surface area is 172 Å². The van der Waals surface area contributed by atoms with Crippen molar-refractivity contribution < 1.29 is 152 Å². The van der Waals surface area contributed by atoms with Gasteiger partial charge in [-0.15, -0.1) is 0 Å². The second kappa shape index (κ2) is 53.4. The summed E-state index contributed by atoms with van der Waals surface area (Å²) in [5, 5.41) is 0. The molecule has 7 radical (unpaired) electrons.